The van der Waals surface area contributed by atoms with Gasteiger partial charge in [0.15, 0.2) is 0 Å². The van der Waals surface area contributed by atoms with Gasteiger partial charge in [-0.15, -0.1) is 0 Å². The highest BCUT2D eigenvalue weighted by Gasteiger charge is 2.10. The van der Waals surface area contributed by atoms with Crippen LogP contribution in [0.4, 0.5) is 14.5 Å². The van der Waals surface area contributed by atoms with Gasteiger partial charge in [-0.3, -0.25) is 4.21 Å². The number of anilines is 1. The van der Waals surface area contributed by atoms with Crippen LogP contribution in [0.15, 0.2) is 47.4 Å². The normalized spacial score (nSPS) is 12.3. The minimum absolute atomic E-state index is 0.103. The molecule has 0 aliphatic carbocycles. The van der Waals surface area contributed by atoms with Crippen molar-refractivity contribution in [3.63, 3.8) is 0 Å². The number of nitrogens with two attached hydrogens (primary N) is 1. The third-order valence-corrected chi connectivity index (χ3v) is 3.85. The summed E-state index contributed by atoms with van der Waals surface area (Å²) >= 11 is 0. The first-order valence-corrected chi connectivity index (χ1v) is 6.56. The van der Waals surface area contributed by atoms with E-state index in [-0.39, 0.29) is 16.3 Å². The van der Waals surface area contributed by atoms with Crippen molar-refractivity contribution in [2.45, 2.75) is 10.6 Å². The van der Waals surface area contributed by atoms with Crippen LogP contribution >= 0.6 is 0 Å². The molecule has 0 aliphatic heterocycles. The third-order valence-electron chi connectivity index (χ3n) is 2.41. The molecule has 0 saturated carbocycles. The molecule has 0 aromatic heterocycles. The lowest BCUT2D eigenvalue weighted by atomic mass is 10.2. The third kappa shape index (κ3) is 2.92. The fourth-order valence-electron chi connectivity index (χ4n) is 1.56. The summed E-state index contributed by atoms with van der Waals surface area (Å²) in [6, 6.07) is 9.53. The molecule has 0 amide bonds. The summed E-state index contributed by atoms with van der Waals surface area (Å²) in [4.78, 5) is 0.235. The quantitative estimate of drug-likeness (QED) is 0.869. The van der Waals surface area contributed by atoms with E-state index < -0.39 is 22.4 Å². The summed E-state index contributed by atoms with van der Waals surface area (Å²) in [7, 11) is -1.50. The van der Waals surface area contributed by atoms with Crippen molar-refractivity contribution in [1.29, 1.82) is 0 Å². The van der Waals surface area contributed by atoms with Gasteiger partial charge in [0, 0.05) is 5.69 Å². The fourth-order valence-corrected chi connectivity index (χ4v) is 2.77. The first-order valence-electron chi connectivity index (χ1n) is 5.24. The van der Waals surface area contributed by atoms with E-state index in [1.54, 1.807) is 6.07 Å². The molecule has 94 valence electrons. The van der Waals surface area contributed by atoms with Gasteiger partial charge in [0.05, 0.1) is 21.4 Å². The standard InChI is InChI=1S/C13H11F2NOS/c14-10-3-1-2-9(6-10)8-18(17)13-7-11(15)4-5-12(13)16/h1-7H,8,16H2. The zero-order valence-corrected chi connectivity index (χ0v) is 10.2. The van der Waals surface area contributed by atoms with Crippen molar-refractivity contribution < 1.29 is 13.0 Å². The van der Waals surface area contributed by atoms with Gasteiger partial charge < -0.3 is 5.73 Å². The molecule has 2 nitrogen and oxygen atoms in total. The summed E-state index contributed by atoms with van der Waals surface area (Å²) in [5.41, 5.74) is 6.49. The molecular weight excluding hydrogens is 256 g/mol. The molecule has 0 fully saturated rings. The van der Waals surface area contributed by atoms with Crippen LogP contribution in [0.5, 0.6) is 0 Å². The zero-order valence-electron chi connectivity index (χ0n) is 9.40. The number of nitrogen functional groups attached to an aromatic ring is 1. The molecule has 0 spiro atoms. The molecule has 0 heterocycles. The largest absolute Gasteiger partial charge is 0.398 e. The van der Waals surface area contributed by atoms with Crippen LogP contribution in [0.3, 0.4) is 0 Å². The zero-order chi connectivity index (χ0) is 13.1. The summed E-state index contributed by atoms with van der Waals surface area (Å²) in [6.45, 7) is 0. The van der Waals surface area contributed by atoms with Gasteiger partial charge in [0.2, 0.25) is 0 Å². The average molecular weight is 267 g/mol. The van der Waals surface area contributed by atoms with Gasteiger partial charge in [0.25, 0.3) is 0 Å². The van der Waals surface area contributed by atoms with Crippen LogP contribution in [0.2, 0.25) is 0 Å². The van der Waals surface area contributed by atoms with Crippen LogP contribution in [-0.2, 0) is 16.6 Å². The summed E-state index contributed by atoms with van der Waals surface area (Å²) in [6.07, 6.45) is 0. The molecule has 1 unspecified atom stereocenters. The van der Waals surface area contributed by atoms with Gasteiger partial charge in [-0.05, 0) is 35.9 Å². The Labute approximate surface area is 106 Å². The second-order valence-corrected chi connectivity index (χ2v) is 5.22. The van der Waals surface area contributed by atoms with Crippen molar-refractivity contribution in [3.8, 4) is 0 Å². The molecule has 2 aromatic carbocycles. The maximum absolute atomic E-state index is 13.1. The summed E-state index contributed by atoms with van der Waals surface area (Å²) < 4.78 is 38.1. The molecule has 0 bridgehead atoms. The van der Waals surface area contributed by atoms with Crippen molar-refractivity contribution in [2.75, 3.05) is 5.73 Å². The first kappa shape index (κ1) is 12.7. The highest BCUT2D eigenvalue weighted by atomic mass is 32.2. The molecule has 2 N–H and O–H groups in total. The molecule has 18 heavy (non-hydrogen) atoms. The lowest BCUT2D eigenvalue weighted by Gasteiger charge is -2.06. The average Bonchev–Trinajstić information content (AvgIpc) is 2.32. The predicted molar refractivity (Wildman–Crippen MR) is 67.3 cm³/mol. The molecule has 1 atom stereocenters. The lowest BCUT2D eigenvalue weighted by molar-refractivity contribution is 0.622. The lowest BCUT2D eigenvalue weighted by Crippen LogP contribution is -2.01. The molecule has 0 saturated heterocycles. The number of rotatable bonds is 3. The van der Waals surface area contributed by atoms with Crippen LogP contribution in [0.1, 0.15) is 5.56 Å². The Hall–Kier alpha value is -1.75. The van der Waals surface area contributed by atoms with Gasteiger partial charge in [-0.1, -0.05) is 12.1 Å². The minimum atomic E-state index is -1.50. The second kappa shape index (κ2) is 5.27. The summed E-state index contributed by atoms with van der Waals surface area (Å²) in [5.74, 6) is -0.783. The number of benzene rings is 2. The van der Waals surface area contributed by atoms with E-state index in [0.29, 0.717) is 5.56 Å². The Morgan fingerprint density at radius 3 is 2.50 bits per heavy atom. The Morgan fingerprint density at radius 1 is 1.06 bits per heavy atom. The highest BCUT2D eigenvalue weighted by molar-refractivity contribution is 7.84. The molecule has 2 rings (SSSR count). The molecule has 5 heteroatoms. The minimum Gasteiger partial charge on any atom is -0.398 e. The summed E-state index contributed by atoms with van der Waals surface area (Å²) in [5, 5.41) is 0. The number of hydrogen-bond acceptors (Lipinski definition) is 2. The van der Waals surface area contributed by atoms with Crippen LogP contribution < -0.4 is 5.73 Å². The van der Waals surface area contributed by atoms with E-state index in [1.807, 2.05) is 0 Å². The van der Waals surface area contributed by atoms with Gasteiger partial charge in [0.1, 0.15) is 11.6 Å². The van der Waals surface area contributed by atoms with Crippen LogP contribution in [-0.4, -0.2) is 4.21 Å². The molecule has 0 radical (unpaired) electrons. The van der Waals surface area contributed by atoms with Crippen LogP contribution in [0.25, 0.3) is 0 Å². The van der Waals surface area contributed by atoms with Gasteiger partial charge in [-0.2, -0.15) is 0 Å². The molecular formula is C13H11F2NOS. The molecule has 0 aliphatic rings. The van der Waals surface area contributed by atoms with Crippen molar-refractivity contribution in [3.05, 3.63) is 59.7 Å². The van der Waals surface area contributed by atoms with Crippen molar-refractivity contribution in [1.82, 2.24) is 0 Å². The van der Waals surface area contributed by atoms with E-state index in [1.165, 1.54) is 30.3 Å². The maximum atomic E-state index is 13.1. The van der Waals surface area contributed by atoms with Crippen molar-refractivity contribution >= 4 is 16.5 Å². The Morgan fingerprint density at radius 2 is 1.78 bits per heavy atom. The SMILES string of the molecule is Nc1ccc(F)cc1S(=O)Cc1cccc(F)c1. The first-order chi connectivity index (χ1) is 8.56. The second-order valence-electron chi connectivity index (χ2n) is 3.80. The Balaban J connectivity index is 2.24. The van der Waals surface area contributed by atoms with Gasteiger partial charge in [-0.25, -0.2) is 8.78 Å². The predicted octanol–water partition coefficient (Wildman–Crippen LogP) is 2.85. The molecule has 2 aromatic rings. The maximum Gasteiger partial charge on any atom is 0.124 e. The van der Waals surface area contributed by atoms with E-state index in [4.69, 9.17) is 5.73 Å². The van der Waals surface area contributed by atoms with Crippen LogP contribution in [0, 0.1) is 11.6 Å². The van der Waals surface area contributed by atoms with E-state index in [9.17, 15) is 13.0 Å². The fraction of sp³-hybridized carbons (Fsp3) is 0.0769. The Kier molecular flexibility index (Phi) is 3.72. The van der Waals surface area contributed by atoms with E-state index in [2.05, 4.69) is 0 Å². The van der Waals surface area contributed by atoms with E-state index >= 15 is 0 Å². The van der Waals surface area contributed by atoms with Crippen molar-refractivity contribution in [2.24, 2.45) is 0 Å². The number of hydrogen-bond donors (Lipinski definition) is 1. The Bertz CT molecular complexity index is 601. The van der Waals surface area contributed by atoms with E-state index in [0.717, 1.165) is 6.07 Å². The number of halogens is 2. The smallest absolute Gasteiger partial charge is 0.124 e. The topological polar surface area (TPSA) is 43.1 Å². The monoisotopic (exact) mass is 267 g/mol. The highest BCUT2D eigenvalue weighted by Crippen LogP contribution is 2.20. The van der Waals surface area contributed by atoms with Gasteiger partial charge >= 0.3 is 0 Å².